The highest BCUT2D eigenvalue weighted by Crippen LogP contribution is 2.65. The highest BCUT2D eigenvalue weighted by atomic mass is 32.7. The van der Waals surface area contributed by atoms with Crippen LogP contribution in [0.4, 0.5) is 5.82 Å². The first-order valence-electron chi connectivity index (χ1n) is 11.2. The standard InChI is InChI=1S/C22H26N5O7PS/c1-22(2,3)21(29)31-11-36-35(30)32-9-13-16(34-35)15(28)20(33-13)27-18(12-7-5-4-6-8-12)26-14-17(23)24-10-25-19(14)27/h4-8,10,13,15-16,20,28H,9,11H2,1-3H3,(H2,23,24,25)/t13-,15?,16?,20-,35?/m1/s1. The second-order valence-electron chi connectivity index (χ2n) is 9.40. The number of carbonyl (C=O) groups excluding carboxylic acids is 1. The molecule has 3 N–H and O–H groups in total. The topological polar surface area (TPSA) is 161 Å². The van der Waals surface area contributed by atoms with Gasteiger partial charge in [-0.25, -0.2) is 19.5 Å². The third kappa shape index (κ3) is 4.62. The molecule has 2 aromatic heterocycles. The van der Waals surface area contributed by atoms with E-state index in [1.54, 1.807) is 25.3 Å². The van der Waals surface area contributed by atoms with Crippen LogP contribution in [0.25, 0.3) is 22.6 Å². The maximum Gasteiger partial charge on any atom is 0.392 e. The summed E-state index contributed by atoms with van der Waals surface area (Å²) in [7, 11) is 0. The molecule has 12 nitrogen and oxygen atoms in total. The molecule has 0 amide bonds. The van der Waals surface area contributed by atoms with Crippen molar-refractivity contribution in [2.75, 3.05) is 18.3 Å². The molecule has 0 spiro atoms. The van der Waals surface area contributed by atoms with Crippen LogP contribution in [0.5, 0.6) is 0 Å². The summed E-state index contributed by atoms with van der Waals surface area (Å²) in [5, 5.41) is 11.3. The first kappa shape index (κ1) is 25.1. The van der Waals surface area contributed by atoms with Gasteiger partial charge in [-0.1, -0.05) is 30.3 Å². The van der Waals surface area contributed by atoms with Crippen LogP contribution in [0, 0.1) is 5.41 Å². The Morgan fingerprint density at radius 3 is 2.78 bits per heavy atom. The third-order valence-corrected chi connectivity index (χ3v) is 9.11. The Kier molecular flexibility index (Phi) is 6.56. The number of rotatable bonds is 5. The number of imidazole rings is 1. The lowest BCUT2D eigenvalue weighted by Gasteiger charge is -2.31. The summed E-state index contributed by atoms with van der Waals surface area (Å²) in [6, 6.07) is 9.31. The first-order valence-corrected chi connectivity index (χ1v) is 14.3. The van der Waals surface area contributed by atoms with Crippen LogP contribution in [0.2, 0.25) is 0 Å². The molecule has 2 fully saturated rings. The average Bonchev–Trinajstić information content (AvgIpc) is 3.37. The van der Waals surface area contributed by atoms with Gasteiger partial charge in [-0.15, -0.1) is 0 Å². The van der Waals surface area contributed by atoms with E-state index in [1.807, 2.05) is 30.3 Å². The molecule has 36 heavy (non-hydrogen) atoms. The summed E-state index contributed by atoms with van der Waals surface area (Å²) in [5.41, 5.74) is 6.83. The molecule has 1 aromatic carbocycles. The molecule has 2 aliphatic rings. The van der Waals surface area contributed by atoms with Gasteiger partial charge in [-0.05, 0) is 20.8 Å². The molecule has 3 aromatic rings. The van der Waals surface area contributed by atoms with Gasteiger partial charge in [0.25, 0.3) is 0 Å². The van der Waals surface area contributed by atoms with Crippen LogP contribution in [-0.4, -0.2) is 61.5 Å². The summed E-state index contributed by atoms with van der Waals surface area (Å²) >= 11 is 0.743. The van der Waals surface area contributed by atoms with Crippen molar-refractivity contribution in [2.24, 2.45) is 5.41 Å². The van der Waals surface area contributed by atoms with Crippen molar-refractivity contribution in [3.63, 3.8) is 0 Å². The van der Waals surface area contributed by atoms with E-state index in [1.165, 1.54) is 6.33 Å². The Morgan fingerprint density at radius 1 is 1.31 bits per heavy atom. The number of fused-ring (bicyclic) bond motifs is 2. The number of hydrogen-bond donors (Lipinski definition) is 2. The van der Waals surface area contributed by atoms with E-state index in [9.17, 15) is 14.5 Å². The van der Waals surface area contributed by atoms with Gasteiger partial charge in [-0.3, -0.25) is 18.4 Å². The first-order chi connectivity index (χ1) is 17.1. The number of aromatic nitrogens is 4. The number of nitrogens with zero attached hydrogens (tertiary/aromatic N) is 4. The number of aliphatic hydroxyl groups is 1. The number of nitrogens with two attached hydrogens (primary N) is 1. The van der Waals surface area contributed by atoms with E-state index in [4.69, 9.17) is 24.3 Å². The minimum Gasteiger partial charge on any atom is -0.454 e. The molecule has 2 saturated heterocycles. The average molecular weight is 536 g/mol. The van der Waals surface area contributed by atoms with Gasteiger partial charge in [0.1, 0.15) is 36.4 Å². The maximum atomic E-state index is 13.2. The number of nitrogen functional groups attached to an aromatic ring is 1. The fourth-order valence-corrected chi connectivity index (χ4v) is 6.73. The van der Waals surface area contributed by atoms with Crippen LogP contribution in [0.15, 0.2) is 36.7 Å². The molecular formula is C22H26N5O7PS. The zero-order valence-electron chi connectivity index (χ0n) is 19.8. The number of anilines is 1. The van der Waals surface area contributed by atoms with E-state index >= 15 is 0 Å². The highest BCUT2D eigenvalue weighted by molar-refractivity contribution is 8.55. The van der Waals surface area contributed by atoms with E-state index in [-0.39, 0.29) is 18.4 Å². The summed E-state index contributed by atoms with van der Waals surface area (Å²) in [5.74, 6) is -0.00674. The summed E-state index contributed by atoms with van der Waals surface area (Å²) < 4.78 is 37.3. The number of carbonyl (C=O) groups is 1. The molecule has 0 aliphatic carbocycles. The second-order valence-corrected chi connectivity index (χ2v) is 13.4. The Labute approximate surface area is 210 Å². The Balaban J connectivity index is 1.41. The zero-order valence-corrected chi connectivity index (χ0v) is 21.5. The van der Waals surface area contributed by atoms with Gasteiger partial charge >= 0.3 is 12.8 Å². The summed E-state index contributed by atoms with van der Waals surface area (Å²) in [4.78, 5) is 25.0. The van der Waals surface area contributed by atoms with Crippen molar-refractivity contribution in [1.82, 2.24) is 19.5 Å². The van der Waals surface area contributed by atoms with Crippen molar-refractivity contribution in [1.29, 1.82) is 0 Å². The van der Waals surface area contributed by atoms with Gasteiger partial charge in [0.2, 0.25) is 0 Å². The zero-order chi connectivity index (χ0) is 25.7. The van der Waals surface area contributed by atoms with Crippen molar-refractivity contribution >= 4 is 41.1 Å². The van der Waals surface area contributed by atoms with Crippen LogP contribution in [-0.2, 0) is 27.9 Å². The van der Waals surface area contributed by atoms with Crippen LogP contribution >= 0.6 is 18.2 Å². The molecule has 2 aliphatic heterocycles. The number of aliphatic hydroxyl groups excluding tert-OH is 1. The van der Waals surface area contributed by atoms with Crippen LogP contribution < -0.4 is 5.73 Å². The molecule has 3 unspecified atom stereocenters. The van der Waals surface area contributed by atoms with E-state index in [2.05, 4.69) is 15.0 Å². The lowest BCUT2D eigenvalue weighted by Crippen LogP contribution is -2.39. The largest absolute Gasteiger partial charge is 0.454 e. The Hall–Kier alpha value is -2.54. The van der Waals surface area contributed by atoms with Crippen molar-refractivity contribution in [3.05, 3.63) is 36.7 Å². The van der Waals surface area contributed by atoms with Gasteiger partial charge < -0.3 is 20.3 Å². The maximum absolute atomic E-state index is 13.2. The minimum absolute atomic E-state index is 0.0832. The van der Waals surface area contributed by atoms with E-state index in [0.29, 0.717) is 17.0 Å². The van der Waals surface area contributed by atoms with Crippen molar-refractivity contribution in [2.45, 2.75) is 45.3 Å². The van der Waals surface area contributed by atoms with E-state index < -0.39 is 42.7 Å². The third-order valence-electron chi connectivity index (χ3n) is 5.76. The van der Waals surface area contributed by atoms with Gasteiger partial charge in [0, 0.05) is 16.9 Å². The van der Waals surface area contributed by atoms with Crippen LogP contribution in [0.3, 0.4) is 0 Å². The lowest BCUT2D eigenvalue weighted by molar-refractivity contribution is -0.150. The molecule has 14 heteroatoms. The highest BCUT2D eigenvalue weighted by Gasteiger charge is 2.53. The second kappa shape index (κ2) is 9.40. The Morgan fingerprint density at radius 2 is 2.06 bits per heavy atom. The number of esters is 1. The normalized spacial score (nSPS) is 28.2. The minimum atomic E-state index is -3.73. The summed E-state index contributed by atoms with van der Waals surface area (Å²) in [6.07, 6.45) is -2.57. The lowest BCUT2D eigenvalue weighted by atomic mass is 9.98. The predicted octanol–water partition coefficient (Wildman–Crippen LogP) is 3.14. The van der Waals surface area contributed by atoms with E-state index in [0.717, 1.165) is 16.9 Å². The molecular weight excluding hydrogens is 509 g/mol. The molecule has 192 valence electrons. The van der Waals surface area contributed by atoms with Crippen molar-refractivity contribution in [3.8, 4) is 11.4 Å². The van der Waals surface area contributed by atoms with Gasteiger partial charge in [-0.2, -0.15) is 0 Å². The fraction of sp³-hybridized carbons (Fsp3) is 0.455. The van der Waals surface area contributed by atoms with Crippen LogP contribution in [0.1, 0.15) is 27.0 Å². The molecule has 0 radical (unpaired) electrons. The molecule has 0 bridgehead atoms. The predicted molar refractivity (Wildman–Crippen MR) is 132 cm³/mol. The monoisotopic (exact) mass is 535 g/mol. The SMILES string of the molecule is CC(C)(C)C(=O)OCSP1(=O)OC[C@H]2O[C@@H](n3c(-c4ccccc4)nc4c(N)ncnc43)C(O)C2O1. The quantitative estimate of drug-likeness (QED) is 0.279. The number of hydrogen-bond acceptors (Lipinski definition) is 12. The molecule has 4 heterocycles. The molecule has 5 atom stereocenters. The number of ether oxygens (including phenoxy) is 2. The van der Waals surface area contributed by atoms with Gasteiger partial charge in [0.05, 0.1) is 12.0 Å². The van der Waals surface area contributed by atoms with Gasteiger partial charge in [0.15, 0.2) is 23.2 Å². The molecule has 5 rings (SSSR count). The number of benzene rings is 1. The fourth-order valence-electron chi connectivity index (χ4n) is 3.93. The molecule has 0 saturated carbocycles. The smallest absolute Gasteiger partial charge is 0.392 e. The van der Waals surface area contributed by atoms with Crippen molar-refractivity contribution < 1.29 is 33.0 Å². The Bertz CT molecular complexity index is 1330. The summed E-state index contributed by atoms with van der Waals surface area (Å²) in [6.45, 7) is 1.34.